The normalized spacial score (nSPS) is 20.5. The van der Waals surface area contributed by atoms with E-state index in [1.807, 2.05) is 22.8 Å². The van der Waals surface area contributed by atoms with Crippen LogP contribution in [0.3, 0.4) is 0 Å². The lowest BCUT2D eigenvalue weighted by atomic mass is 10.0. The van der Waals surface area contributed by atoms with Crippen molar-refractivity contribution >= 4 is 35.8 Å². The molecule has 6 nitrogen and oxygen atoms in total. The van der Waals surface area contributed by atoms with E-state index in [0.29, 0.717) is 30.4 Å². The van der Waals surface area contributed by atoms with Crippen LogP contribution in [0.5, 0.6) is 5.75 Å². The Balaban J connectivity index is 0.00000243. The van der Waals surface area contributed by atoms with Crippen LogP contribution in [-0.4, -0.2) is 67.0 Å². The number of carbonyl (C=O) groups is 2. The highest BCUT2D eigenvalue weighted by Crippen LogP contribution is 2.21. The van der Waals surface area contributed by atoms with Crippen LogP contribution in [-0.2, 0) is 9.59 Å². The van der Waals surface area contributed by atoms with Gasteiger partial charge in [0.1, 0.15) is 5.75 Å². The zero-order chi connectivity index (χ0) is 17.8. The summed E-state index contributed by atoms with van der Waals surface area (Å²) in [4.78, 5) is 28.3. The van der Waals surface area contributed by atoms with Crippen molar-refractivity contribution in [2.24, 2.45) is 0 Å². The van der Waals surface area contributed by atoms with Crippen LogP contribution in [0.2, 0.25) is 5.02 Å². The Bertz CT molecular complexity index is 657. The molecular formula is C18H25Cl2N3O3. The number of amides is 2. The van der Waals surface area contributed by atoms with E-state index in [1.54, 1.807) is 12.1 Å². The van der Waals surface area contributed by atoms with E-state index in [4.69, 9.17) is 16.3 Å². The topological polar surface area (TPSA) is 61.9 Å². The van der Waals surface area contributed by atoms with E-state index in [2.05, 4.69) is 5.32 Å². The van der Waals surface area contributed by atoms with Gasteiger partial charge < -0.3 is 19.9 Å². The van der Waals surface area contributed by atoms with Crippen molar-refractivity contribution < 1.29 is 14.3 Å². The molecule has 1 N–H and O–H groups in total. The molecule has 1 aromatic carbocycles. The molecule has 0 saturated carbocycles. The maximum absolute atomic E-state index is 12.5. The van der Waals surface area contributed by atoms with Gasteiger partial charge in [-0.1, -0.05) is 11.6 Å². The number of nitrogens with one attached hydrogen (secondary N) is 1. The largest absolute Gasteiger partial charge is 0.484 e. The second kappa shape index (κ2) is 9.44. The molecule has 144 valence electrons. The van der Waals surface area contributed by atoms with Crippen LogP contribution >= 0.6 is 24.0 Å². The number of likely N-dealkylation sites (tertiary alicyclic amines) is 1. The van der Waals surface area contributed by atoms with E-state index < -0.39 is 0 Å². The van der Waals surface area contributed by atoms with E-state index in [1.165, 1.54) is 0 Å². The summed E-state index contributed by atoms with van der Waals surface area (Å²) < 4.78 is 5.62. The number of hydrogen-bond donors (Lipinski definition) is 1. The van der Waals surface area contributed by atoms with Gasteiger partial charge >= 0.3 is 0 Å². The van der Waals surface area contributed by atoms with Crippen molar-refractivity contribution in [3.8, 4) is 5.75 Å². The minimum atomic E-state index is -0.0418. The molecule has 1 aromatic rings. The van der Waals surface area contributed by atoms with Gasteiger partial charge in [0.2, 0.25) is 5.91 Å². The quantitative estimate of drug-likeness (QED) is 0.836. The second-order valence-electron chi connectivity index (χ2n) is 6.60. The predicted octanol–water partition coefficient (Wildman–Crippen LogP) is 1.87. The number of nitrogens with zero attached hydrogens (tertiary/aromatic N) is 2. The highest BCUT2D eigenvalue weighted by Gasteiger charge is 2.31. The van der Waals surface area contributed by atoms with Gasteiger partial charge in [-0.05, 0) is 43.5 Å². The second-order valence-corrected chi connectivity index (χ2v) is 7.01. The molecular weight excluding hydrogens is 377 g/mol. The summed E-state index contributed by atoms with van der Waals surface area (Å²) in [6, 6.07) is 5.48. The fraction of sp³-hybridized carbons (Fsp3) is 0.556. The smallest absolute Gasteiger partial charge is 0.260 e. The molecule has 0 bridgehead atoms. The fourth-order valence-electron chi connectivity index (χ4n) is 3.39. The third-order valence-corrected chi connectivity index (χ3v) is 5.23. The average Bonchev–Trinajstić information content (AvgIpc) is 2.63. The first kappa shape index (κ1) is 20.8. The first-order valence-electron chi connectivity index (χ1n) is 8.71. The summed E-state index contributed by atoms with van der Waals surface area (Å²) in [5.74, 6) is 0.722. The average molecular weight is 402 g/mol. The first-order valence-corrected chi connectivity index (χ1v) is 9.09. The van der Waals surface area contributed by atoms with E-state index in [-0.39, 0.29) is 36.9 Å². The lowest BCUT2D eigenvalue weighted by Gasteiger charge is -2.41. The molecule has 2 saturated heterocycles. The Morgan fingerprint density at radius 3 is 2.92 bits per heavy atom. The summed E-state index contributed by atoms with van der Waals surface area (Å²) in [7, 11) is 0. The number of piperidine rings is 1. The van der Waals surface area contributed by atoms with Gasteiger partial charge in [-0.25, -0.2) is 0 Å². The van der Waals surface area contributed by atoms with Crippen LogP contribution in [0.15, 0.2) is 18.2 Å². The highest BCUT2D eigenvalue weighted by atomic mass is 35.5. The van der Waals surface area contributed by atoms with Gasteiger partial charge in [-0.3, -0.25) is 9.59 Å². The van der Waals surface area contributed by atoms with Crippen LogP contribution in [0.1, 0.15) is 18.4 Å². The molecule has 3 rings (SSSR count). The molecule has 0 aliphatic carbocycles. The molecule has 26 heavy (non-hydrogen) atoms. The van der Waals surface area contributed by atoms with Gasteiger partial charge in [0.15, 0.2) is 6.61 Å². The summed E-state index contributed by atoms with van der Waals surface area (Å²) in [6.07, 6.45) is 1.86. The summed E-state index contributed by atoms with van der Waals surface area (Å²) in [6.45, 7) is 5.14. The molecule has 2 aliphatic rings. The van der Waals surface area contributed by atoms with Crippen molar-refractivity contribution in [3.05, 3.63) is 28.8 Å². The SMILES string of the molecule is Cc1cc(OCC(=O)N2CCCC(N3CCNCC3=O)C2)ccc1Cl.Cl. The van der Waals surface area contributed by atoms with E-state index in [0.717, 1.165) is 31.5 Å². The molecule has 2 amide bonds. The molecule has 0 spiro atoms. The van der Waals surface area contributed by atoms with Crippen LogP contribution < -0.4 is 10.1 Å². The maximum Gasteiger partial charge on any atom is 0.260 e. The van der Waals surface area contributed by atoms with Crippen molar-refractivity contribution in [1.82, 2.24) is 15.1 Å². The number of carbonyl (C=O) groups excluding carboxylic acids is 2. The molecule has 8 heteroatoms. The van der Waals surface area contributed by atoms with Crippen LogP contribution in [0, 0.1) is 6.92 Å². The van der Waals surface area contributed by atoms with Crippen LogP contribution in [0.4, 0.5) is 0 Å². The number of piperazine rings is 1. The first-order chi connectivity index (χ1) is 12.0. The van der Waals surface area contributed by atoms with Gasteiger partial charge in [-0.15, -0.1) is 12.4 Å². The summed E-state index contributed by atoms with van der Waals surface area (Å²) in [5, 5.41) is 3.76. The minimum Gasteiger partial charge on any atom is -0.484 e. The Morgan fingerprint density at radius 2 is 2.19 bits per heavy atom. The molecule has 2 heterocycles. The van der Waals surface area contributed by atoms with Gasteiger partial charge in [0, 0.05) is 37.2 Å². The predicted molar refractivity (Wildman–Crippen MR) is 103 cm³/mol. The lowest BCUT2D eigenvalue weighted by Crippen LogP contribution is -2.57. The number of rotatable bonds is 4. The summed E-state index contributed by atoms with van der Waals surface area (Å²) >= 11 is 6.00. The Morgan fingerprint density at radius 1 is 1.38 bits per heavy atom. The zero-order valence-corrected chi connectivity index (χ0v) is 16.4. The summed E-state index contributed by atoms with van der Waals surface area (Å²) in [5.41, 5.74) is 0.918. The Hall–Kier alpha value is -1.50. The van der Waals surface area contributed by atoms with Crippen molar-refractivity contribution in [2.75, 3.05) is 39.3 Å². The third-order valence-electron chi connectivity index (χ3n) is 4.81. The molecule has 1 atom stereocenters. The third kappa shape index (κ3) is 5.02. The van der Waals surface area contributed by atoms with Crippen molar-refractivity contribution in [2.45, 2.75) is 25.8 Å². The fourth-order valence-corrected chi connectivity index (χ4v) is 3.50. The Kier molecular flexibility index (Phi) is 7.55. The number of benzene rings is 1. The molecule has 2 aliphatic heterocycles. The number of hydrogen-bond acceptors (Lipinski definition) is 4. The number of ether oxygens (including phenoxy) is 1. The zero-order valence-electron chi connectivity index (χ0n) is 14.9. The van der Waals surface area contributed by atoms with Crippen molar-refractivity contribution in [1.29, 1.82) is 0 Å². The standard InChI is InChI=1S/C18H24ClN3O3.ClH/c1-13-9-15(4-5-16(13)19)25-12-18(24)21-7-2-3-14(11-21)22-8-6-20-10-17(22)23;/h4-5,9,14,20H,2-3,6-8,10-12H2,1H3;1H. The molecule has 0 radical (unpaired) electrons. The molecule has 0 aromatic heterocycles. The maximum atomic E-state index is 12.5. The number of aryl methyl sites for hydroxylation is 1. The van der Waals surface area contributed by atoms with Gasteiger partial charge in [0.25, 0.3) is 5.91 Å². The number of halogens is 2. The molecule has 1 unspecified atom stereocenters. The minimum absolute atomic E-state index is 0. The highest BCUT2D eigenvalue weighted by molar-refractivity contribution is 6.31. The van der Waals surface area contributed by atoms with E-state index >= 15 is 0 Å². The Labute approximate surface area is 165 Å². The van der Waals surface area contributed by atoms with E-state index in [9.17, 15) is 9.59 Å². The molecule has 2 fully saturated rings. The van der Waals surface area contributed by atoms with Crippen molar-refractivity contribution in [3.63, 3.8) is 0 Å². The van der Waals surface area contributed by atoms with Gasteiger partial charge in [0.05, 0.1) is 6.54 Å². The van der Waals surface area contributed by atoms with Crippen LogP contribution in [0.25, 0.3) is 0 Å². The van der Waals surface area contributed by atoms with Gasteiger partial charge in [-0.2, -0.15) is 0 Å². The monoisotopic (exact) mass is 401 g/mol. The lowest BCUT2D eigenvalue weighted by molar-refractivity contribution is -0.141.